The smallest absolute Gasteiger partial charge is 0.195 e. The van der Waals surface area contributed by atoms with Crippen LogP contribution in [0.4, 0.5) is 0 Å². The van der Waals surface area contributed by atoms with E-state index in [1.165, 1.54) is 5.57 Å². The zero-order valence-corrected chi connectivity index (χ0v) is 10.2. The lowest BCUT2D eigenvalue weighted by molar-refractivity contribution is 0.149. The summed E-state index contributed by atoms with van der Waals surface area (Å²) in [7, 11) is 8.02. The van der Waals surface area contributed by atoms with E-state index < -0.39 is 0 Å². The zero-order chi connectivity index (χ0) is 11.3. The fraction of sp³-hybridized carbons (Fsp3) is 0.727. The predicted molar refractivity (Wildman–Crippen MR) is 63.2 cm³/mol. The summed E-state index contributed by atoms with van der Waals surface area (Å²) in [5.74, 6) is 0.987. The van der Waals surface area contributed by atoms with Crippen LogP contribution in [-0.4, -0.2) is 63.7 Å². The van der Waals surface area contributed by atoms with Gasteiger partial charge in [0.25, 0.3) is 0 Å². The lowest BCUT2D eigenvalue weighted by Gasteiger charge is -2.23. The Bertz CT molecular complexity index is 247. The van der Waals surface area contributed by atoms with Gasteiger partial charge in [0.15, 0.2) is 5.96 Å². The number of aliphatic imine (C=N–C) groups is 1. The first-order valence-corrected chi connectivity index (χ1v) is 5.26. The molecule has 0 N–H and O–H groups in total. The number of hydrogen-bond donors (Lipinski definition) is 0. The SMILES string of the molecule is CN(C)C(=NCC1=CCCOC1)N(C)C. The normalized spacial score (nSPS) is 15.6. The summed E-state index contributed by atoms with van der Waals surface area (Å²) in [6.45, 7) is 2.32. The number of guanidine groups is 1. The van der Waals surface area contributed by atoms with E-state index in [-0.39, 0.29) is 0 Å². The molecule has 0 bridgehead atoms. The molecular formula is C11H21N3O. The molecule has 0 aliphatic carbocycles. The Kier molecular flexibility index (Phi) is 4.62. The van der Waals surface area contributed by atoms with Crippen molar-refractivity contribution in [3.05, 3.63) is 11.6 Å². The molecular weight excluding hydrogens is 190 g/mol. The van der Waals surface area contributed by atoms with Crippen molar-refractivity contribution >= 4 is 5.96 Å². The van der Waals surface area contributed by atoms with E-state index in [0.717, 1.165) is 32.1 Å². The summed E-state index contributed by atoms with van der Waals surface area (Å²) >= 11 is 0. The first-order valence-electron chi connectivity index (χ1n) is 5.26. The topological polar surface area (TPSA) is 28.1 Å². The molecule has 4 heteroatoms. The van der Waals surface area contributed by atoms with Crippen LogP contribution in [0.3, 0.4) is 0 Å². The van der Waals surface area contributed by atoms with Gasteiger partial charge in [-0.25, -0.2) is 4.99 Å². The standard InChI is InChI=1S/C11H21N3O/c1-13(2)11(14(3)4)12-8-10-6-5-7-15-9-10/h6H,5,7-9H2,1-4H3. The van der Waals surface area contributed by atoms with Crippen LogP contribution in [0.15, 0.2) is 16.6 Å². The lowest BCUT2D eigenvalue weighted by Crippen LogP contribution is -2.35. The van der Waals surface area contributed by atoms with Gasteiger partial charge in [0, 0.05) is 28.2 Å². The second-order valence-electron chi connectivity index (χ2n) is 4.11. The van der Waals surface area contributed by atoms with Crippen LogP contribution in [0.2, 0.25) is 0 Å². The molecule has 0 radical (unpaired) electrons. The van der Waals surface area contributed by atoms with E-state index in [4.69, 9.17) is 4.74 Å². The maximum atomic E-state index is 5.37. The van der Waals surface area contributed by atoms with Gasteiger partial charge in [0.2, 0.25) is 0 Å². The van der Waals surface area contributed by atoms with E-state index in [2.05, 4.69) is 11.1 Å². The van der Waals surface area contributed by atoms with Crippen molar-refractivity contribution in [1.82, 2.24) is 9.80 Å². The Morgan fingerprint density at radius 1 is 1.33 bits per heavy atom. The van der Waals surface area contributed by atoms with Crippen LogP contribution in [0, 0.1) is 0 Å². The van der Waals surface area contributed by atoms with Crippen LogP contribution in [0.1, 0.15) is 6.42 Å². The first-order chi connectivity index (χ1) is 7.11. The number of rotatable bonds is 2. The molecule has 1 heterocycles. The highest BCUT2D eigenvalue weighted by atomic mass is 16.5. The van der Waals surface area contributed by atoms with Gasteiger partial charge in [-0.3, -0.25) is 0 Å². The first kappa shape index (κ1) is 12.0. The van der Waals surface area contributed by atoms with Crippen molar-refractivity contribution in [2.75, 3.05) is 47.9 Å². The van der Waals surface area contributed by atoms with Gasteiger partial charge in [0.05, 0.1) is 19.8 Å². The molecule has 15 heavy (non-hydrogen) atoms. The van der Waals surface area contributed by atoms with Crippen LogP contribution < -0.4 is 0 Å². The Morgan fingerprint density at radius 3 is 2.47 bits per heavy atom. The van der Waals surface area contributed by atoms with Crippen molar-refractivity contribution in [3.63, 3.8) is 0 Å². The zero-order valence-electron chi connectivity index (χ0n) is 10.2. The lowest BCUT2D eigenvalue weighted by atomic mass is 10.2. The molecule has 0 spiro atoms. The van der Waals surface area contributed by atoms with Crippen LogP contribution in [-0.2, 0) is 4.74 Å². The van der Waals surface area contributed by atoms with Gasteiger partial charge >= 0.3 is 0 Å². The Labute approximate surface area is 92.2 Å². The third-order valence-electron chi connectivity index (χ3n) is 2.21. The maximum Gasteiger partial charge on any atom is 0.195 e. The summed E-state index contributed by atoms with van der Waals surface area (Å²) in [4.78, 5) is 8.60. The van der Waals surface area contributed by atoms with Crippen molar-refractivity contribution in [3.8, 4) is 0 Å². The molecule has 86 valence electrons. The van der Waals surface area contributed by atoms with Crippen LogP contribution in [0.25, 0.3) is 0 Å². The Hall–Kier alpha value is -1.03. The van der Waals surface area contributed by atoms with E-state index in [1.807, 2.05) is 38.0 Å². The van der Waals surface area contributed by atoms with Crippen molar-refractivity contribution in [2.45, 2.75) is 6.42 Å². The minimum atomic E-state index is 0.734. The van der Waals surface area contributed by atoms with E-state index in [9.17, 15) is 0 Å². The molecule has 4 nitrogen and oxygen atoms in total. The largest absolute Gasteiger partial charge is 0.377 e. The van der Waals surface area contributed by atoms with Gasteiger partial charge in [-0.15, -0.1) is 0 Å². The average Bonchev–Trinajstić information content (AvgIpc) is 2.18. The summed E-state index contributed by atoms with van der Waals surface area (Å²) in [5, 5.41) is 0. The summed E-state index contributed by atoms with van der Waals surface area (Å²) in [6.07, 6.45) is 3.25. The summed E-state index contributed by atoms with van der Waals surface area (Å²) in [5.41, 5.74) is 1.28. The van der Waals surface area contributed by atoms with Crippen molar-refractivity contribution < 1.29 is 4.74 Å². The second-order valence-corrected chi connectivity index (χ2v) is 4.11. The van der Waals surface area contributed by atoms with Gasteiger partial charge in [0.1, 0.15) is 0 Å². The molecule has 1 aliphatic rings. The molecule has 0 amide bonds. The van der Waals surface area contributed by atoms with E-state index in [0.29, 0.717) is 0 Å². The minimum absolute atomic E-state index is 0.734. The predicted octanol–water partition coefficient (Wildman–Crippen LogP) is 0.812. The maximum absolute atomic E-state index is 5.37. The number of hydrogen-bond acceptors (Lipinski definition) is 2. The summed E-state index contributed by atoms with van der Waals surface area (Å²) < 4.78 is 5.37. The third-order valence-corrected chi connectivity index (χ3v) is 2.21. The summed E-state index contributed by atoms with van der Waals surface area (Å²) in [6, 6.07) is 0. The highest BCUT2D eigenvalue weighted by Gasteiger charge is 2.06. The number of ether oxygens (including phenoxy) is 1. The van der Waals surface area contributed by atoms with Gasteiger partial charge in [-0.05, 0) is 12.0 Å². The molecule has 0 fully saturated rings. The molecule has 0 unspecified atom stereocenters. The highest BCUT2D eigenvalue weighted by molar-refractivity contribution is 5.79. The van der Waals surface area contributed by atoms with Gasteiger partial charge in [-0.2, -0.15) is 0 Å². The van der Waals surface area contributed by atoms with E-state index >= 15 is 0 Å². The molecule has 0 aromatic carbocycles. The molecule has 0 saturated carbocycles. The fourth-order valence-corrected chi connectivity index (χ4v) is 1.57. The van der Waals surface area contributed by atoms with Crippen molar-refractivity contribution in [2.24, 2.45) is 4.99 Å². The molecule has 1 aliphatic heterocycles. The quantitative estimate of drug-likeness (QED) is 0.384. The van der Waals surface area contributed by atoms with Crippen molar-refractivity contribution in [1.29, 1.82) is 0 Å². The number of nitrogens with zero attached hydrogens (tertiary/aromatic N) is 3. The molecule has 0 saturated heterocycles. The van der Waals surface area contributed by atoms with Gasteiger partial charge < -0.3 is 14.5 Å². The van der Waals surface area contributed by atoms with Gasteiger partial charge in [-0.1, -0.05) is 6.08 Å². The van der Waals surface area contributed by atoms with Crippen LogP contribution >= 0.6 is 0 Å². The monoisotopic (exact) mass is 211 g/mol. The molecule has 0 aromatic rings. The van der Waals surface area contributed by atoms with E-state index in [1.54, 1.807) is 0 Å². The molecule has 0 atom stereocenters. The Morgan fingerprint density at radius 2 is 2.00 bits per heavy atom. The minimum Gasteiger partial charge on any atom is -0.377 e. The Balaban J connectivity index is 2.56. The van der Waals surface area contributed by atoms with Crippen LogP contribution in [0.5, 0.6) is 0 Å². The fourth-order valence-electron chi connectivity index (χ4n) is 1.57. The highest BCUT2D eigenvalue weighted by Crippen LogP contribution is 2.06. The second kappa shape index (κ2) is 5.75. The average molecular weight is 211 g/mol. The molecule has 1 rings (SSSR count). The molecule has 0 aromatic heterocycles. The third kappa shape index (κ3) is 3.91.